The van der Waals surface area contributed by atoms with Crippen LogP contribution in [0.5, 0.6) is 5.75 Å². The van der Waals surface area contributed by atoms with Crippen molar-refractivity contribution in [2.75, 3.05) is 7.05 Å². The molecule has 1 aromatic carbocycles. The molecule has 3 unspecified atom stereocenters. The van der Waals surface area contributed by atoms with Gasteiger partial charge < -0.3 is 10.1 Å². The molecule has 1 N–H and O–H groups in total. The van der Waals surface area contributed by atoms with E-state index in [0.717, 1.165) is 41.0 Å². The largest absolute Gasteiger partial charge is 0.490 e. The number of hydrogen-bond acceptors (Lipinski definition) is 2. The quantitative estimate of drug-likeness (QED) is 0.859. The molecule has 1 aliphatic rings. The zero-order valence-corrected chi connectivity index (χ0v) is 13.7. The summed E-state index contributed by atoms with van der Waals surface area (Å²) in [4.78, 5) is 0. The van der Waals surface area contributed by atoms with Crippen LogP contribution in [0, 0.1) is 11.8 Å². The van der Waals surface area contributed by atoms with Gasteiger partial charge in [0, 0.05) is 16.6 Å². The Morgan fingerprint density at radius 2 is 1.85 bits per heavy atom. The van der Waals surface area contributed by atoms with Gasteiger partial charge in [0.25, 0.3) is 0 Å². The van der Waals surface area contributed by atoms with E-state index in [4.69, 9.17) is 16.3 Å². The van der Waals surface area contributed by atoms with Gasteiger partial charge in [-0.2, -0.15) is 0 Å². The van der Waals surface area contributed by atoms with E-state index in [9.17, 15) is 0 Å². The minimum Gasteiger partial charge on any atom is -0.490 e. The second-order valence-electron chi connectivity index (χ2n) is 6.35. The molecular formula is C17H26ClNO. The van der Waals surface area contributed by atoms with Gasteiger partial charge in [0.05, 0.1) is 6.10 Å². The molecule has 1 aliphatic carbocycles. The van der Waals surface area contributed by atoms with E-state index in [2.05, 4.69) is 26.1 Å². The summed E-state index contributed by atoms with van der Waals surface area (Å²) in [5.41, 5.74) is 1.14. The first kappa shape index (κ1) is 15.7. The maximum Gasteiger partial charge on any atom is 0.124 e. The summed E-state index contributed by atoms with van der Waals surface area (Å²) in [5, 5.41) is 4.03. The molecule has 0 amide bonds. The lowest BCUT2D eigenvalue weighted by Crippen LogP contribution is -2.29. The Bertz CT molecular complexity index is 439. The van der Waals surface area contributed by atoms with Gasteiger partial charge in [-0.05, 0) is 63.3 Å². The fourth-order valence-corrected chi connectivity index (χ4v) is 3.45. The molecule has 112 valence electrons. The monoisotopic (exact) mass is 295 g/mol. The minimum absolute atomic E-state index is 0.238. The van der Waals surface area contributed by atoms with Gasteiger partial charge in [0.1, 0.15) is 5.75 Å². The first-order chi connectivity index (χ1) is 9.49. The minimum atomic E-state index is 0.238. The van der Waals surface area contributed by atoms with Crippen LogP contribution in [0.2, 0.25) is 5.02 Å². The molecule has 0 heterocycles. The second kappa shape index (κ2) is 6.82. The van der Waals surface area contributed by atoms with Crippen LogP contribution in [0.15, 0.2) is 18.2 Å². The van der Waals surface area contributed by atoms with Gasteiger partial charge in [0.2, 0.25) is 0 Å². The zero-order valence-electron chi connectivity index (χ0n) is 12.9. The molecule has 1 fully saturated rings. The van der Waals surface area contributed by atoms with Crippen molar-refractivity contribution >= 4 is 11.6 Å². The third-order valence-corrected chi connectivity index (χ3v) is 4.54. The summed E-state index contributed by atoms with van der Waals surface area (Å²) < 4.78 is 6.31. The maximum atomic E-state index is 6.31. The fraction of sp³-hybridized carbons (Fsp3) is 0.647. The lowest BCUT2D eigenvalue weighted by Gasteiger charge is -2.32. The summed E-state index contributed by atoms with van der Waals surface area (Å²) in [6.45, 7) is 6.78. The molecule has 0 spiro atoms. The Kier molecular flexibility index (Phi) is 5.34. The SMILES string of the molecule is CNC(C)c1cc(Cl)ccc1OC1CC(C)CC(C)C1. The normalized spacial score (nSPS) is 28.1. The molecule has 0 saturated heterocycles. The van der Waals surface area contributed by atoms with Crippen LogP contribution in [0.3, 0.4) is 0 Å². The summed E-state index contributed by atoms with van der Waals surface area (Å²) in [7, 11) is 1.96. The van der Waals surface area contributed by atoms with Crippen molar-refractivity contribution in [3.63, 3.8) is 0 Å². The smallest absolute Gasteiger partial charge is 0.124 e. The van der Waals surface area contributed by atoms with Gasteiger partial charge in [-0.1, -0.05) is 25.4 Å². The van der Waals surface area contributed by atoms with E-state index < -0.39 is 0 Å². The van der Waals surface area contributed by atoms with Gasteiger partial charge in [-0.25, -0.2) is 0 Å². The average molecular weight is 296 g/mol. The molecule has 3 heteroatoms. The Hall–Kier alpha value is -0.730. The number of nitrogens with one attached hydrogen (secondary N) is 1. The highest BCUT2D eigenvalue weighted by Crippen LogP contribution is 2.34. The van der Waals surface area contributed by atoms with Crippen molar-refractivity contribution in [2.24, 2.45) is 11.8 Å². The summed E-state index contributed by atoms with van der Waals surface area (Å²) in [5.74, 6) is 2.48. The molecule has 1 aromatic rings. The third-order valence-electron chi connectivity index (χ3n) is 4.30. The highest BCUT2D eigenvalue weighted by Gasteiger charge is 2.26. The molecule has 1 saturated carbocycles. The first-order valence-electron chi connectivity index (χ1n) is 7.63. The van der Waals surface area contributed by atoms with E-state index in [1.807, 2.05) is 25.2 Å². The van der Waals surface area contributed by atoms with Crippen molar-refractivity contribution < 1.29 is 4.74 Å². The van der Waals surface area contributed by atoms with Gasteiger partial charge >= 0.3 is 0 Å². The predicted molar refractivity (Wildman–Crippen MR) is 85.5 cm³/mol. The highest BCUT2D eigenvalue weighted by atomic mass is 35.5. The molecule has 0 bridgehead atoms. The lowest BCUT2D eigenvalue weighted by molar-refractivity contribution is 0.0996. The Balaban J connectivity index is 2.16. The highest BCUT2D eigenvalue weighted by molar-refractivity contribution is 6.30. The van der Waals surface area contributed by atoms with E-state index in [0.29, 0.717) is 6.10 Å². The number of rotatable bonds is 4. The third kappa shape index (κ3) is 3.89. The van der Waals surface area contributed by atoms with Gasteiger partial charge in [-0.15, -0.1) is 0 Å². The van der Waals surface area contributed by atoms with E-state index >= 15 is 0 Å². The lowest BCUT2D eigenvalue weighted by atomic mass is 9.82. The van der Waals surface area contributed by atoms with Crippen molar-refractivity contribution in [1.29, 1.82) is 0 Å². The van der Waals surface area contributed by atoms with Crippen LogP contribution in [-0.4, -0.2) is 13.2 Å². The van der Waals surface area contributed by atoms with Crippen LogP contribution in [0.1, 0.15) is 51.6 Å². The first-order valence-corrected chi connectivity index (χ1v) is 8.00. The number of halogens is 1. The average Bonchev–Trinajstić information content (AvgIpc) is 2.38. The number of ether oxygens (including phenoxy) is 1. The zero-order chi connectivity index (χ0) is 14.7. The Labute approximate surface area is 127 Å². The molecule has 2 nitrogen and oxygen atoms in total. The maximum absolute atomic E-state index is 6.31. The predicted octanol–water partition coefficient (Wildman–Crippen LogP) is 4.82. The molecule has 0 aromatic heterocycles. The van der Waals surface area contributed by atoms with Crippen molar-refractivity contribution in [3.8, 4) is 5.75 Å². The Morgan fingerprint density at radius 1 is 1.20 bits per heavy atom. The Morgan fingerprint density at radius 3 is 2.45 bits per heavy atom. The van der Waals surface area contributed by atoms with Gasteiger partial charge in [0.15, 0.2) is 0 Å². The van der Waals surface area contributed by atoms with Crippen molar-refractivity contribution in [2.45, 2.75) is 52.2 Å². The fourth-order valence-electron chi connectivity index (χ4n) is 3.27. The molecular weight excluding hydrogens is 270 g/mol. The second-order valence-corrected chi connectivity index (χ2v) is 6.79. The van der Waals surface area contributed by atoms with Crippen LogP contribution < -0.4 is 10.1 Å². The van der Waals surface area contributed by atoms with Crippen molar-refractivity contribution in [3.05, 3.63) is 28.8 Å². The summed E-state index contributed by atoms with van der Waals surface area (Å²) in [6, 6.07) is 6.17. The van der Waals surface area contributed by atoms with E-state index in [-0.39, 0.29) is 6.04 Å². The topological polar surface area (TPSA) is 21.3 Å². The van der Waals surface area contributed by atoms with Crippen LogP contribution in [0.4, 0.5) is 0 Å². The van der Waals surface area contributed by atoms with Crippen molar-refractivity contribution in [1.82, 2.24) is 5.32 Å². The van der Waals surface area contributed by atoms with Crippen LogP contribution in [-0.2, 0) is 0 Å². The van der Waals surface area contributed by atoms with Gasteiger partial charge in [-0.3, -0.25) is 0 Å². The molecule has 3 atom stereocenters. The van der Waals surface area contributed by atoms with Crippen LogP contribution in [0.25, 0.3) is 0 Å². The molecule has 2 rings (SSSR count). The number of benzene rings is 1. The summed E-state index contributed by atoms with van der Waals surface area (Å²) in [6.07, 6.45) is 3.96. The molecule has 0 radical (unpaired) electrons. The van der Waals surface area contributed by atoms with E-state index in [1.165, 1.54) is 6.42 Å². The van der Waals surface area contributed by atoms with Crippen LogP contribution >= 0.6 is 11.6 Å². The standard InChI is InChI=1S/C17H26ClNO/c1-11-7-12(2)9-15(8-11)20-17-6-5-14(18)10-16(17)13(3)19-4/h5-6,10-13,15,19H,7-9H2,1-4H3. The van der Waals surface area contributed by atoms with E-state index in [1.54, 1.807) is 0 Å². The summed E-state index contributed by atoms with van der Waals surface area (Å²) >= 11 is 6.12. The molecule has 20 heavy (non-hydrogen) atoms. The molecule has 0 aliphatic heterocycles. The number of hydrogen-bond donors (Lipinski definition) is 1.